The average Bonchev–Trinajstić information content (AvgIpc) is 2.96. The van der Waals surface area contributed by atoms with Gasteiger partial charge in [0.15, 0.2) is 0 Å². The molecule has 0 saturated heterocycles. The molecular weight excluding hydrogens is 348 g/mol. The molecule has 0 amide bonds. The second-order valence-electron chi connectivity index (χ2n) is 5.66. The van der Waals surface area contributed by atoms with Crippen LogP contribution in [0.25, 0.3) is 10.2 Å². The standard InChI is InChI=1S/C16H13ClN4O2S/c17-11-7-9(21(22)23)5-6-12(11)20-15-14-10-3-1-2-4-13(10)24-16(14)19-8-18-15/h5-8H,1-4H2,(H,18,19,20). The van der Waals surface area contributed by atoms with Crippen LogP contribution in [0.5, 0.6) is 0 Å². The van der Waals surface area contributed by atoms with E-state index in [0.29, 0.717) is 16.5 Å². The minimum atomic E-state index is -0.464. The van der Waals surface area contributed by atoms with Crippen molar-refractivity contribution in [1.29, 1.82) is 0 Å². The van der Waals surface area contributed by atoms with E-state index in [4.69, 9.17) is 11.6 Å². The van der Waals surface area contributed by atoms with Crippen molar-refractivity contribution in [2.24, 2.45) is 0 Å². The fraction of sp³-hybridized carbons (Fsp3) is 0.250. The van der Waals surface area contributed by atoms with Crippen LogP contribution in [-0.2, 0) is 12.8 Å². The van der Waals surface area contributed by atoms with Crippen molar-refractivity contribution in [1.82, 2.24) is 9.97 Å². The number of nitro benzene ring substituents is 1. The molecule has 122 valence electrons. The Hall–Kier alpha value is -2.25. The summed E-state index contributed by atoms with van der Waals surface area (Å²) in [4.78, 5) is 21.5. The van der Waals surface area contributed by atoms with Gasteiger partial charge in [0.1, 0.15) is 17.0 Å². The van der Waals surface area contributed by atoms with Crippen LogP contribution in [0.2, 0.25) is 5.02 Å². The molecule has 2 aromatic heterocycles. The Morgan fingerprint density at radius 1 is 1.25 bits per heavy atom. The molecule has 3 aromatic rings. The number of thiophene rings is 1. The monoisotopic (exact) mass is 360 g/mol. The van der Waals surface area contributed by atoms with Gasteiger partial charge in [0.2, 0.25) is 0 Å². The van der Waals surface area contributed by atoms with Gasteiger partial charge in [0.25, 0.3) is 5.69 Å². The zero-order valence-corrected chi connectivity index (χ0v) is 14.2. The second kappa shape index (κ2) is 5.99. The SMILES string of the molecule is O=[N+]([O-])c1ccc(Nc2ncnc3sc4c(c23)CCCC4)c(Cl)c1. The number of nitrogens with one attached hydrogen (secondary N) is 1. The molecule has 1 aliphatic rings. The first-order valence-corrected chi connectivity index (χ1v) is 8.79. The lowest BCUT2D eigenvalue weighted by Gasteiger charge is -2.13. The van der Waals surface area contributed by atoms with Gasteiger partial charge < -0.3 is 5.32 Å². The van der Waals surface area contributed by atoms with Gasteiger partial charge >= 0.3 is 0 Å². The number of aromatic nitrogens is 2. The summed E-state index contributed by atoms with van der Waals surface area (Å²) < 4.78 is 0. The Morgan fingerprint density at radius 2 is 2.08 bits per heavy atom. The molecule has 1 aromatic carbocycles. The van der Waals surface area contributed by atoms with Crippen LogP contribution >= 0.6 is 22.9 Å². The molecule has 2 heterocycles. The second-order valence-corrected chi connectivity index (χ2v) is 7.15. The van der Waals surface area contributed by atoms with Gasteiger partial charge in [0.05, 0.1) is 21.0 Å². The number of nitro groups is 1. The number of halogens is 1. The number of anilines is 2. The van der Waals surface area contributed by atoms with Crippen LogP contribution in [0.1, 0.15) is 23.3 Å². The van der Waals surface area contributed by atoms with Gasteiger partial charge in [-0.25, -0.2) is 9.97 Å². The first-order valence-electron chi connectivity index (χ1n) is 7.59. The summed E-state index contributed by atoms with van der Waals surface area (Å²) in [6, 6.07) is 4.37. The molecule has 0 bridgehead atoms. The number of rotatable bonds is 3. The van der Waals surface area contributed by atoms with E-state index in [-0.39, 0.29) is 5.69 Å². The smallest absolute Gasteiger partial charge is 0.271 e. The third-order valence-electron chi connectivity index (χ3n) is 4.17. The van der Waals surface area contributed by atoms with E-state index in [1.807, 2.05) is 0 Å². The Bertz CT molecular complexity index is 957. The Labute approximate surface area is 146 Å². The van der Waals surface area contributed by atoms with Crippen LogP contribution in [0.3, 0.4) is 0 Å². The molecule has 0 spiro atoms. The van der Waals surface area contributed by atoms with Gasteiger partial charge in [-0.05, 0) is 37.3 Å². The highest BCUT2D eigenvalue weighted by Gasteiger charge is 2.20. The molecule has 0 aliphatic heterocycles. The van der Waals surface area contributed by atoms with Gasteiger partial charge in [-0.15, -0.1) is 11.3 Å². The molecule has 1 aliphatic carbocycles. The van der Waals surface area contributed by atoms with Crippen molar-refractivity contribution < 1.29 is 4.92 Å². The van der Waals surface area contributed by atoms with Crippen LogP contribution < -0.4 is 5.32 Å². The van der Waals surface area contributed by atoms with Crippen molar-refractivity contribution >= 4 is 50.3 Å². The highest BCUT2D eigenvalue weighted by Crippen LogP contribution is 2.39. The maximum absolute atomic E-state index is 10.8. The van der Waals surface area contributed by atoms with Crippen LogP contribution in [-0.4, -0.2) is 14.9 Å². The first-order chi connectivity index (χ1) is 11.6. The quantitative estimate of drug-likeness (QED) is 0.532. The lowest BCUT2D eigenvalue weighted by atomic mass is 9.97. The Balaban J connectivity index is 1.77. The van der Waals surface area contributed by atoms with Crippen LogP contribution in [0.15, 0.2) is 24.5 Å². The summed E-state index contributed by atoms with van der Waals surface area (Å²) in [5.74, 6) is 0.704. The van der Waals surface area contributed by atoms with E-state index >= 15 is 0 Å². The molecule has 0 unspecified atom stereocenters. The summed E-state index contributed by atoms with van der Waals surface area (Å²) >= 11 is 7.91. The maximum atomic E-state index is 10.8. The fourth-order valence-corrected chi connectivity index (χ4v) is 4.48. The number of nitrogens with zero attached hydrogens (tertiary/aromatic N) is 3. The summed E-state index contributed by atoms with van der Waals surface area (Å²) in [7, 11) is 0. The number of fused-ring (bicyclic) bond motifs is 3. The van der Waals surface area contributed by atoms with Crippen molar-refractivity contribution in [3.63, 3.8) is 0 Å². The van der Waals surface area contributed by atoms with Gasteiger partial charge in [-0.2, -0.15) is 0 Å². The number of hydrogen-bond acceptors (Lipinski definition) is 6. The Morgan fingerprint density at radius 3 is 2.88 bits per heavy atom. The van der Waals surface area contributed by atoms with Crippen LogP contribution in [0, 0.1) is 10.1 Å². The van der Waals surface area contributed by atoms with E-state index in [2.05, 4.69) is 15.3 Å². The minimum absolute atomic E-state index is 0.0358. The molecule has 0 saturated carbocycles. The lowest BCUT2D eigenvalue weighted by molar-refractivity contribution is -0.384. The predicted molar refractivity (Wildman–Crippen MR) is 95.4 cm³/mol. The average molecular weight is 361 g/mol. The number of non-ortho nitro benzene ring substituents is 1. The third-order valence-corrected chi connectivity index (χ3v) is 5.68. The van der Waals surface area contributed by atoms with E-state index in [0.717, 1.165) is 23.1 Å². The minimum Gasteiger partial charge on any atom is -0.338 e. The van der Waals surface area contributed by atoms with Crippen molar-refractivity contribution in [3.8, 4) is 0 Å². The van der Waals surface area contributed by atoms with Gasteiger partial charge in [-0.1, -0.05) is 11.6 Å². The molecular formula is C16H13ClN4O2S. The fourth-order valence-electron chi connectivity index (χ4n) is 3.03. The van der Waals surface area contributed by atoms with Crippen molar-refractivity contribution in [2.45, 2.75) is 25.7 Å². The van der Waals surface area contributed by atoms with Gasteiger partial charge in [0, 0.05) is 17.0 Å². The topological polar surface area (TPSA) is 81.0 Å². The normalized spacial score (nSPS) is 13.7. The van der Waals surface area contributed by atoms with Crippen molar-refractivity contribution in [3.05, 3.63) is 50.1 Å². The molecule has 0 fully saturated rings. The predicted octanol–water partition coefficient (Wildman–Crippen LogP) is 4.88. The summed E-state index contributed by atoms with van der Waals surface area (Å²) in [5, 5.41) is 15.4. The zero-order valence-electron chi connectivity index (χ0n) is 12.6. The molecule has 6 nitrogen and oxygen atoms in total. The third kappa shape index (κ3) is 2.59. The lowest BCUT2D eigenvalue weighted by Crippen LogP contribution is -2.01. The van der Waals surface area contributed by atoms with E-state index in [1.165, 1.54) is 41.7 Å². The molecule has 24 heavy (non-hydrogen) atoms. The highest BCUT2D eigenvalue weighted by atomic mass is 35.5. The molecule has 1 N–H and O–H groups in total. The number of benzene rings is 1. The van der Waals surface area contributed by atoms with E-state index in [9.17, 15) is 10.1 Å². The summed E-state index contributed by atoms with van der Waals surface area (Å²) in [5.41, 5.74) is 1.88. The van der Waals surface area contributed by atoms with Gasteiger partial charge in [-0.3, -0.25) is 10.1 Å². The highest BCUT2D eigenvalue weighted by molar-refractivity contribution is 7.19. The molecule has 0 atom stereocenters. The molecule has 0 radical (unpaired) electrons. The summed E-state index contributed by atoms with van der Waals surface area (Å²) in [6.07, 6.45) is 6.04. The summed E-state index contributed by atoms with van der Waals surface area (Å²) in [6.45, 7) is 0. The van der Waals surface area contributed by atoms with E-state index in [1.54, 1.807) is 17.4 Å². The Kier molecular flexibility index (Phi) is 3.82. The van der Waals surface area contributed by atoms with Crippen molar-refractivity contribution in [2.75, 3.05) is 5.32 Å². The number of aryl methyl sites for hydroxylation is 2. The van der Waals surface area contributed by atoms with Crippen LogP contribution in [0.4, 0.5) is 17.2 Å². The largest absolute Gasteiger partial charge is 0.338 e. The maximum Gasteiger partial charge on any atom is 0.271 e. The number of hydrogen-bond donors (Lipinski definition) is 1. The van der Waals surface area contributed by atoms with E-state index < -0.39 is 4.92 Å². The molecule has 8 heteroatoms. The zero-order chi connectivity index (χ0) is 16.7. The molecule has 4 rings (SSSR count). The first kappa shape index (κ1) is 15.3.